The van der Waals surface area contributed by atoms with Gasteiger partial charge in [0.05, 0.1) is 36.7 Å². The van der Waals surface area contributed by atoms with Gasteiger partial charge in [0.1, 0.15) is 29.4 Å². The lowest BCUT2D eigenvalue weighted by atomic mass is 10.2. The summed E-state index contributed by atoms with van der Waals surface area (Å²) in [5, 5.41) is 8.04. The van der Waals surface area contributed by atoms with Crippen molar-refractivity contribution in [1.29, 1.82) is 0 Å². The quantitative estimate of drug-likeness (QED) is 0.243. The topological polar surface area (TPSA) is 125 Å². The number of anilines is 1. The monoisotopic (exact) mass is 604 g/mol. The van der Waals surface area contributed by atoms with Crippen molar-refractivity contribution < 1.29 is 27.0 Å². The highest BCUT2D eigenvalue weighted by atomic mass is 32.2. The second kappa shape index (κ2) is 10.5. The van der Waals surface area contributed by atoms with Gasteiger partial charge in [-0.1, -0.05) is 0 Å². The first-order chi connectivity index (χ1) is 19.2. The Morgan fingerprint density at radius 1 is 1.07 bits per heavy atom. The highest BCUT2D eigenvalue weighted by Crippen LogP contribution is 2.38. The van der Waals surface area contributed by atoms with E-state index in [1.54, 1.807) is 43.1 Å². The van der Waals surface area contributed by atoms with E-state index in [9.17, 15) is 8.42 Å². The molecule has 0 N–H and O–H groups in total. The molecule has 0 atom stereocenters. The zero-order chi connectivity index (χ0) is 28.0. The summed E-state index contributed by atoms with van der Waals surface area (Å²) < 4.78 is 51.2. The van der Waals surface area contributed by atoms with Crippen LogP contribution < -0.4 is 19.1 Å². The number of aromatic nitrogens is 4. The van der Waals surface area contributed by atoms with Crippen molar-refractivity contribution in [2.45, 2.75) is 25.7 Å². The van der Waals surface area contributed by atoms with Crippen molar-refractivity contribution in [2.75, 3.05) is 45.3 Å². The van der Waals surface area contributed by atoms with Crippen LogP contribution in [0.1, 0.15) is 19.5 Å². The fraction of sp³-hybridized carbons (Fsp3) is 0.400. The lowest BCUT2D eigenvalue weighted by Gasteiger charge is -2.34. The average molecular weight is 605 g/mol. The highest BCUT2D eigenvalue weighted by Gasteiger charge is 2.30. The first kappa shape index (κ1) is 26.8. The van der Waals surface area contributed by atoms with E-state index in [2.05, 4.69) is 15.0 Å². The predicted octanol–water partition coefficient (Wildman–Crippen LogP) is 4.12. The third-order valence-corrected chi connectivity index (χ3v) is 10.8. The Kier molecular flexibility index (Phi) is 7.06. The average Bonchev–Trinajstić information content (AvgIpc) is 3.74. The molecule has 0 spiro atoms. The minimum atomic E-state index is -3.25. The second-order valence-electron chi connectivity index (χ2n) is 9.46. The summed E-state index contributed by atoms with van der Waals surface area (Å²) in [6.45, 7) is 5.79. The van der Waals surface area contributed by atoms with E-state index < -0.39 is 15.3 Å². The Bertz CT molecular complexity index is 1730. The van der Waals surface area contributed by atoms with Crippen molar-refractivity contribution in [3.05, 3.63) is 35.5 Å². The van der Waals surface area contributed by atoms with E-state index >= 15 is 0 Å². The van der Waals surface area contributed by atoms with E-state index in [0.717, 1.165) is 16.2 Å². The van der Waals surface area contributed by atoms with Crippen molar-refractivity contribution in [3.8, 4) is 28.1 Å². The normalized spacial score (nSPS) is 15.0. The van der Waals surface area contributed by atoms with Gasteiger partial charge in [-0.25, -0.2) is 22.9 Å². The molecule has 0 saturated carbocycles. The number of hydrogen-bond acceptors (Lipinski definition) is 12. The van der Waals surface area contributed by atoms with Crippen LogP contribution in [-0.2, 0) is 16.6 Å². The standard InChI is InChI=1S/C25H28N6O6S3/c1-15(2)40(32,33)30-7-5-29(6-8-30)23-26-16(14-38-23)13-36-20-9-17(34-3)10-21-18(20)11-22(37-21)19-12-31-24(27-19)39-25(28-31)35-4/h9-12,14-15H,5-8,13H2,1-4H3. The first-order valence-corrected chi connectivity index (χ1v) is 15.8. The fourth-order valence-electron chi connectivity index (χ4n) is 4.42. The molecule has 5 aromatic rings. The number of furan rings is 1. The summed E-state index contributed by atoms with van der Waals surface area (Å²) in [6.07, 6.45) is 1.79. The number of imidazole rings is 1. The first-order valence-electron chi connectivity index (χ1n) is 12.6. The molecule has 4 aromatic heterocycles. The second-order valence-corrected chi connectivity index (χ2v) is 13.7. The molecule has 1 saturated heterocycles. The molecule has 1 aliphatic heterocycles. The van der Waals surface area contributed by atoms with Crippen LogP contribution in [-0.4, -0.2) is 78.0 Å². The third-order valence-electron chi connectivity index (χ3n) is 6.64. The summed E-state index contributed by atoms with van der Waals surface area (Å²) in [5.41, 5.74) is 2.04. The van der Waals surface area contributed by atoms with Gasteiger partial charge in [-0.05, 0) is 31.3 Å². The number of rotatable bonds is 9. The van der Waals surface area contributed by atoms with Crippen LogP contribution in [0.2, 0.25) is 0 Å². The molecular weight excluding hydrogens is 577 g/mol. The van der Waals surface area contributed by atoms with E-state index in [-0.39, 0.29) is 6.61 Å². The summed E-state index contributed by atoms with van der Waals surface area (Å²) in [7, 11) is -0.0813. The van der Waals surface area contributed by atoms with E-state index in [0.29, 0.717) is 64.9 Å². The summed E-state index contributed by atoms with van der Waals surface area (Å²) in [5.74, 6) is 1.79. The third kappa shape index (κ3) is 4.98. The van der Waals surface area contributed by atoms with E-state index in [1.165, 1.54) is 22.7 Å². The maximum Gasteiger partial charge on any atom is 0.294 e. The highest BCUT2D eigenvalue weighted by molar-refractivity contribution is 7.89. The minimum Gasteiger partial charge on any atom is -0.496 e. The Balaban J connectivity index is 1.17. The molecule has 0 unspecified atom stereocenters. The molecule has 0 bridgehead atoms. The predicted molar refractivity (Wildman–Crippen MR) is 153 cm³/mol. The van der Waals surface area contributed by atoms with Gasteiger partial charge >= 0.3 is 0 Å². The van der Waals surface area contributed by atoms with Crippen LogP contribution in [0.4, 0.5) is 5.13 Å². The van der Waals surface area contributed by atoms with Gasteiger partial charge in [0, 0.05) is 43.7 Å². The van der Waals surface area contributed by atoms with Crippen LogP contribution in [0.25, 0.3) is 27.4 Å². The maximum absolute atomic E-state index is 12.5. The SMILES string of the molecule is COc1cc(OCc2csc(N3CCN(S(=O)(=O)C(C)C)CC3)n2)c2cc(-c3cn4nc(OC)sc4n3)oc2c1. The molecule has 6 rings (SSSR count). The Morgan fingerprint density at radius 3 is 2.58 bits per heavy atom. The number of thiazole rings is 1. The van der Waals surface area contributed by atoms with E-state index in [4.69, 9.17) is 23.6 Å². The Morgan fingerprint density at radius 2 is 1.88 bits per heavy atom. The van der Waals surface area contributed by atoms with Gasteiger partial charge in [-0.15, -0.1) is 16.4 Å². The van der Waals surface area contributed by atoms with Crippen molar-refractivity contribution >= 4 is 53.8 Å². The van der Waals surface area contributed by atoms with Crippen molar-refractivity contribution in [2.24, 2.45) is 0 Å². The summed E-state index contributed by atoms with van der Waals surface area (Å²) in [6, 6.07) is 5.53. The number of benzene rings is 1. The van der Waals surface area contributed by atoms with Crippen LogP contribution in [0.5, 0.6) is 16.7 Å². The largest absolute Gasteiger partial charge is 0.496 e. The van der Waals surface area contributed by atoms with Gasteiger partial charge in [0.25, 0.3) is 5.19 Å². The number of ether oxygens (including phenoxy) is 3. The lowest BCUT2D eigenvalue weighted by molar-refractivity contribution is 0.303. The molecule has 15 heteroatoms. The number of methoxy groups -OCH3 is 2. The molecule has 212 valence electrons. The summed E-state index contributed by atoms with van der Waals surface area (Å²) >= 11 is 2.87. The van der Waals surface area contributed by atoms with Gasteiger partial charge in [0.2, 0.25) is 15.0 Å². The Labute approximate surface area is 238 Å². The van der Waals surface area contributed by atoms with Crippen molar-refractivity contribution in [1.82, 2.24) is 23.9 Å². The molecule has 12 nitrogen and oxygen atoms in total. The molecular formula is C25H28N6O6S3. The number of piperazine rings is 1. The molecule has 0 radical (unpaired) electrons. The smallest absolute Gasteiger partial charge is 0.294 e. The van der Waals surface area contributed by atoms with Gasteiger partial charge < -0.3 is 23.5 Å². The fourth-order valence-corrected chi connectivity index (χ4v) is 7.25. The van der Waals surface area contributed by atoms with Crippen molar-refractivity contribution in [3.63, 3.8) is 0 Å². The van der Waals surface area contributed by atoms with Crippen LogP contribution in [0, 0.1) is 0 Å². The molecule has 1 aromatic carbocycles. The van der Waals surface area contributed by atoms with Gasteiger partial charge in [0.15, 0.2) is 10.9 Å². The van der Waals surface area contributed by atoms with Crippen LogP contribution in [0.15, 0.2) is 34.2 Å². The molecule has 0 aliphatic carbocycles. The van der Waals surface area contributed by atoms with Gasteiger partial charge in [-0.2, -0.15) is 4.31 Å². The Hall–Kier alpha value is -3.40. The number of fused-ring (bicyclic) bond motifs is 2. The lowest BCUT2D eigenvalue weighted by Crippen LogP contribution is -2.50. The van der Waals surface area contributed by atoms with Crippen LogP contribution >= 0.6 is 22.7 Å². The maximum atomic E-state index is 12.5. The van der Waals surface area contributed by atoms with Crippen LogP contribution in [0.3, 0.4) is 0 Å². The zero-order valence-corrected chi connectivity index (χ0v) is 24.8. The zero-order valence-electron chi connectivity index (χ0n) is 22.4. The summed E-state index contributed by atoms with van der Waals surface area (Å²) in [4.78, 5) is 12.2. The minimum absolute atomic E-state index is 0.255. The molecule has 40 heavy (non-hydrogen) atoms. The number of nitrogens with zero attached hydrogens (tertiary/aromatic N) is 6. The number of sulfonamides is 1. The molecule has 0 amide bonds. The molecule has 5 heterocycles. The van der Waals surface area contributed by atoms with E-state index in [1.807, 2.05) is 23.6 Å². The molecule has 1 aliphatic rings. The molecule has 1 fully saturated rings. The van der Waals surface area contributed by atoms with Gasteiger partial charge in [-0.3, -0.25) is 0 Å². The number of hydrogen-bond donors (Lipinski definition) is 0.